The molecule has 1 aliphatic carbocycles. The molecule has 0 aromatic carbocycles. The van der Waals surface area contributed by atoms with Crippen molar-refractivity contribution in [3.8, 4) is 0 Å². The first-order valence-electron chi connectivity index (χ1n) is 3.98. The number of hydrogen-bond acceptors (Lipinski definition) is 2. The van der Waals surface area contributed by atoms with E-state index in [4.69, 9.17) is 4.84 Å². The lowest BCUT2D eigenvalue weighted by Crippen LogP contribution is -2.05. The molecule has 2 heteroatoms. The smallest absolute Gasteiger partial charge is 0.106 e. The Morgan fingerprint density at radius 1 is 1.70 bits per heavy atom. The maximum Gasteiger partial charge on any atom is 0.106 e. The normalized spacial score (nSPS) is 29.4. The van der Waals surface area contributed by atoms with E-state index in [-0.39, 0.29) is 0 Å². The topological polar surface area (TPSA) is 21.6 Å². The molecule has 0 radical (unpaired) electrons. The molecule has 0 saturated heterocycles. The van der Waals surface area contributed by atoms with Crippen LogP contribution in [0.1, 0.15) is 32.6 Å². The van der Waals surface area contributed by atoms with Crippen molar-refractivity contribution in [2.75, 3.05) is 7.11 Å². The van der Waals surface area contributed by atoms with Crippen molar-refractivity contribution in [1.29, 1.82) is 0 Å². The highest BCUT2D eigenvalue weighted by Gasteiger charge is 2.20. The number of oxime groups is 1. The minimum absolute atomic E-state index is 0.708. The van der Waals surface area contributed by atoms with Crippen LogP contribution in [0, 0.1) is 5.92 Å². The SMILES string of the molecule is CCC1CCC/C1=N\OC. The highest BCUT2D eigenvalue weighted by molar-refractivity contribution is 5.87. The Morgan fingerprint density at radius 2 is 2.50 bits per heavy atom. The Labute approximate surface area is 62.3 Å². The lowest BCUT2D eigenvalue weighted by molar-refractivity contribution is 0.211. The summed E-state index contributed by atoms with van der Waals surface area (Å²) >= 11 is 0. The van der Waals surface area contributed by atoms with Crippen molar-refractivity contribution < 1.29 is 4.84 Å². The summed E-state index contributed by atoms with van der Waals surface area (Å²) in [6, 6.07) is 0. The summed E-state index contributed by atoms with van der Waals surface area (Å²) in [6.45, 7) is 2.21. The third-order valence-corrected chi connectivity index (χ3v) is 2.16. The second-order valence-electron chi connectivity index (χ2n) is 2.76. The van der Waals surface area contributed by atoms with Gasteiger partial charge in [-0.05, 0) is 25.7 Å². The molecule has 2 nitrogen and oxygen atoms in total. The molecule has 0 amide bonds. The average Bonchev–Trinajstić information content (AvgIpc) is 2.36. The van der Waals surface area contributed by atoms with E-state index in [1.54, 1.807) is 7.11 Å². The Bertz CT molecular complexity index is 131. The fourth-order valence-corrected chi connectivity index (χ4v) is 1.58. The fraction of sp³-hybridized carbons (Fsp3) is 0.875. The van der Waals surface area contributed by atoms with E-state index in [9.17, 15) is 0 Å². The van der Waals surface area contributed by atoms with Gasteiger partial charge in [0, 0.05) is 5.92 Å². The van der Waals surface area contributed by atoms with Crippen LogP contribution in [-0.2, 0) is 4.84 Å². The van der Waals surface area contributed by atoms with E-state index in [2.05, 4.69) is 12.1 Å². The third-order valence-electron chi connectivity index (χ3n) is 2.16. The third kappa shape index (κ3) is 1.49. The van der Waals surface area contributed by atoms with Crippen LogP contribution in [0.3, 0.4) is 0 Å². The van der Waals surface area contributed by atoms with Gasteiger partial charge in [-0.3, -0.25) is 0 Å². The van der Waals surface area contributed by atoms with Crippen molar-refractivity contribution in [2.45, 2.75) is 32.6 Å². The zero-order valence-electron chi connectivity index (χ0n) is 6.76. The molecule has 1 unspecified atom stereocenters. The largest absolute Gasteiger partial charge is 0.399 e. The standard InChI is InChI=1S/C8H15NO/c1-3-7-5-4-6-8(7)9-10-2/h7H,3-6H2,1-2H3/b9-8+. The maximum absolute atomic E-state index is 4.75. The summed E-state index contributed by atoms with van der Waals surface area (Å²) < 4.78 is 0. The molecule has 1 atom stereocenters. The molecular weight excluding hydrogens is 126 g/mol. The van der Waals surface area contributed by atoms with Crippen LogP contribution in [0.2, 0.25) is 0 Å². The van der Waals surface area contributed by atoms with E-state index >= 15 is 0 Å². The summed E-state index contributed by atoms with van der Waals surface area (Å²) in [5, 5.41) is 3.99. The summed E-state index contributed by atoms with van der Waals surface area (Å²) in [7, 11) is 1.62. The van der Waals surface area contributed by atoms with Gasteiger partial charge >= 0.3 is 0 Å². The molecule has 0 N–H and O–H groups in total. The minimum Gasteiger partial charge on any atom is -0.399 e. The number of rotatable bonds is 2. The van der Waals surface area contributed by atoms with Crippen LogP contribution < -0.4 is 0 Å². The van der Waals surface area contributed by atoms with Crippen LogP contribution >= 0.6 is 0 Å². The van der Waals surface area contributed by atoms with Crippen LogP contribution in [0.5, 0.6) is 0 Å². The second kappa shape index (κ2) is 3.59. The van der Waals surface area contributed by atoms with Crippen molar-refractivity contribution in [1.82, 2.24) is 0 Å². The van der Waals surface area contributed by atoms with Crippen molar-refractivity contribution in [3.63, 3.8) is 0 Å². The first kappa shape index (κ1) is 7.58. The Kier molecular flexibility index (Phi) is 2.72. The molecule has 58 valence electrons. The van der Waals surface area contributed by atoms with Gasteiger partial charge in [-0.1, -0.05) is 12.1 Å². The fourth-order valence-electron chi connectivity index (χ4n) is 1.58. The Balaban J connectivity index is 2.49. The highest BCUT2D eigenvalue weighted by Crippen LogP contribution is 2.25. The van der Waals surface area contributed by atoms with Crippen molar-refractivity contribution >= 4 is 5.71 Å². The summed E-state index contributed by atoms with van der Waals surface area (Å²) in [5.74, 6) is 0.708. The maximum atomic E-state index is 4.75. The zero-order valence-corrected chi connectivity index (χ0v) is 6.76. The van der Waals surface area contributed by atoms with Gasteiger partial charge in [0.25, 0.3) is 0 Å². The van der Waals surface area contributed by atoms with Gasteiger partial charge in [0.2, 0.25) is 0 Å². The summed E-state index contributed by atoms with van der Waals surface area (Å²) in [6.07, 6.45) is 4.95. The van der Waals surface area contributed by atoms with E-state index in [1.165, 1.54) is 25.0 Å². The highest BCUT2D eigenvalue weighted by atomic mass is 16.6. The van der Waals surface area contributed by atoms with Crippen LogP contribution in [0.4, 0.5) is 0 Å². The second-order valence-corrected chi connectivity index (χ2v) is 2.76. The van der Waals surface area contributed by atoms with Gasteiger partial charge in [0.1, 0.15) is 7.11 Å². The van der Waals surface area contributed by atoms with Crippen LogP contribution in [0.25, 0.3) is 0 Å². The molecule has 1 fully saturated rings. The lowest BCUT2D eigenvalue weighted by atomic mass is 10.0. The van der Waals surface area contributed by atoms with E-state index in [0.29, 0.717) is 5.92 Å². The molecule has 1 aliphatic rings. The predicted molar refractivity (Wildman–Crippen MR) is 42.1 cm³/mol. The van der Waals surface area contributed by atoms with E-state index < -0.39 is 0 Å². The molecule has 0 spiro atoms. The molecule has 1 saturated carbocycles. The van der Waals surface area contributed by atoms with Gasteiger partial charge in [-0.15, -0.1) is 0 Å². The van der Waals surface area contributed by atoms with Crippen molar-refractivity contribution in [3.05, 3.63) is 0 Å². The monoisotopic (exact) mass is 141 g/mol. The van der Waals surface area contributed by atoms with Gasteiger partial charge in [-0.25, -0.2) is 0 Å². The first-order valence-corrected chi connectivity index (χ1v) is 3.98. The Hall–Kier alpha value is -0.530. The van der Waals surface area contributed by atoms with Gasteiger partial charge in [0.15, 0.2) is 0 Å². The first-order chi connectivity index (χ1) is 4.88. The molecule has 10 heavy (non-hydrogen) atoms. The predicted octanol–water partition coefficient (Wildman–Crippen LogP) is 2.20. The molecule has 0 heterocycles. The molecule has 1 rings (SSSR count). The molecule has 0 aliphatic heterocycles. The lowest BCUT2D eigenvalue weighted by Gasteiger charge is -2.04. The van der Waals surface area contributed by atoms with Crippen LogP contribution in [0.15, 0.2) is 5.16 Å². The minimum atomic E-state index is 0.708. The van der Waals surface area contributed by atoms with Crippen LogP contribution in [-0.4, -0.2) is 12.8 Å². The molecular formula is C8H15NO. The van der Waals surface area contributed by atoms with E-state index in [0.717, 1.165) is 6.42 Å². The summed E-state index contributed by atoms with van der Waals surface area (Å²) in [4.78, 5) is 4.75. The van der Waals surface area contributed by atoms with Gasteiger partial charge in [0.05, 0.1) is 5.71 Å². The zero-order chi connectivity index (χ0) is 7.40. The molecule has 0 aromatic rings. The average molecular weight is 141 g/mol. The van der Waals surface area contributed by atoms with E-state index in [1.807, 2.05) is 0 Å². The molecule has 0 aromatic heterocycles. The Morgan fingerprint density at radius 3 is 3.10 bits per heavy atom. The van der Waals surface area contributed by atoms with Gasteiger partial charge in [-0.2, -0.15) is 0 Å². The quantitative estimate of drug-likeness (QED) is 0.540. The number of nitrogens with zero attached hydrogens (tertiary/aromatic N) is 1. The number of hydrogen-bond donors (Lipinski definition) is 0. The van der Waals surface area contributed by atoms with Gasteiger partial charge < -0.3 is 4.84 Å². The summed E-state index contributed by atoms with van der Waals surface area (Å²) in [5.41, 5.74) is 1.27. The van der Waals surface area contributed by atoms with Crippen molar-refractivity contribution in [2.24, 2.45) is 11.1 Å². The molecule has 0 bridgehead atoms.